The number of benzene rings is 4. The predicted octanol–water partition coefficient (Wildman–Crippen LogP) is 2.95. The van der Waals surface area contributed by atoms with Crippen LogP contribution in [0.2, 0.25) is 0 Å². The van der Waals surface area contributed by atoms with Crippen LogP contribution in [0.1, 0.15) is 0 Å². The predicted molar refractivity (Wildman–Crippen MR) is 88.0 cm³/mol. The zero-order valence-corrected chi connectivity index (χ0v) is 11.8. The number of hydrazine groups is 1. The summed E-state index contributed by atoms with van der Waals surface area (Å²) in [6.07, 6.45) is 0. The molecule has 22 heavy (non-hydrogen) atoms. The van der Waals surface area contributed by atoms with Crippen molar-refractivity contribution in [3.63, 3.8) is 0 Å². The van der Waals surface area contributed by atoms with Crippen LogP contribution in [0.4, 0.5) is 0 Å². The molecule has 4 heteroatoms. The van der Waals surface area contributed by atoms with Gasteiger partial charge in [0.15, 0.2) is 6.61 Å². The number of ether oxygens (including phenoxy) is 1. The van der Waals surface area contributed by atoms with E-state index in [9.17, 15) is 4.79 Å². The molecule has 4 aromatic rings. The molecule has 1 amide bonds. The first-order valence-electron chi connectivity index (χ1n) is 7.07. The minimum atomic E-state index is -0.356. The molecule has 0 saturated carbocycles. The van der Waals surface area contributed by atoms with Gasteiger partial charge in [-0.15, -0.1) is 0 Å². The van der Waals surface area contributed by atoms with E-state index in [1.807, 2.05) is 18.2 Å². The second-order valence-corrected chi connectivity index (χ2v) is 5.28. The summed E-state index contributed by atoms with van der Waals surface area (Å²) in [7, 11) is 0. The molecule has 0 bridgehead atoms. The molecule has 0 saturated heterocycles. The standard InChI is InChI=1S/C18H14N2O2/c19-20-16(21)10-22-15-9-7-13-5-4-11-2-1-3-12-6-8-14(15)18(13)17(11)12/h1-9H,10,19H2,(H,20,21). The van der Waals surface area contributed by atoms with Crippen LogP contribution >= 0.6 is 0 Å². The van der Waals surface area contributed by atoms with E-state index in [2.05, 4.69) is 41.8 Å². The van der Waals surface area contributed by atoms with Gasteiger partial charge < -0.3 is 4.74 Å². The van der Waals surface area contributed by atoms with E-state index in [0.717, 1.165) is 10.8 Å². The molecule has 108 valence electrons. The van der Waals surface area contributed by atoms with Gasteiger partial charge in [-0.2, -0.15) is 0 Å². The van der Waals surface area contributed by atoms with Crippen molar-refractivity contribution < 1.29 is 9.53 Å². The Hall–Kier alpha value is -2.85. The van der Waals surface area contributed by atoms with Crippen molar-refractivity contribution >= 4 is 38.2 Å². The van der Waals surface area contributed by atoms with Gasteiger partial charge in [0, 0.05) is 10.8 Å². The van der Waals surface area contributed by atoms with Crippen molar-refractivity contribution in [2.45, 2.75) is 0 Å². The summed E-state index contributed by atoms with van der Waals surface area (Å²) >= 11 is 0. The Labute approximate surface area is 126 Å². The molecular weight excluding hydrogens is 276 g/mol. The van der Waals surface area contributed by atoms with Crippen LogP contribution in [0.5, 0.6) is 5.75 Å². The van der Waals surface area contributed by atoms with Crippen LogP contribution in [0.25, 0.3) is 32.3 Å². The molecule has 0 heterocycles. The third kappa shape index (κ3) is 1.85. The number of carbonyl (C=O) groups is 1. The number of amides is 1. The lowest BCUT2D eigenvalue weighted by atomic mass is 9.94. The highest BCUT2D eigenvalue weighted by atomic mass is 16.5. The lowest BCUT2D eigenvalue weighted by Crippen LogP contribution is -2.34. The number of rotatable bonds is 3. The molecule has 0 spiro atoms. The highest BCUT2D eigenvalue weighted by Gasteiger charge is 2.11. The molecule has 0 aliphatic carbocycles. The number of nitrogens with one attached hydrogen (secondary N) is 1. The molecule has 0 fully saturated rings. The van der Waals surface area contributed by atoms with Gasteiger partial charge in [-0.3, -0.25) is 10.2 Å². The number of nitrogens with two attached hydrogens (primary N) is 1. The topological polar surface area (TPSA) is 64.3 Å². The van der Waals surface area contributed by atoms with Crippen molar-refractivity contribution in [3.05, 3.63) is 54.6 Å². The van der Waals surface area contributed by atoms with Gasteiger partial charge in [-0.25, -0.2) is 5.84 Å². The van der Waals surface area contributed by atoms with E-state index < -0.39 is 0 Å². The van der Waals surface area contributed by atoms with Crippen LogP contribution in [0.3, 0.4) is 0 Å². The van der Waals surface area contributed by atoms with Gasteiger partial charge in [0.25, 0.3) is 5.91 Å². The van der Waals surface area contributed by atoms with E-state index in [1.165, 1.54) is 21.5 Å². The Morgan fingerprint density at radius 1 is 0.909 bits per heavy atom. The number of carbonyl (C=O) groups excluding carboxylic acids is 1. The maximum absolute atomic E-state index is 11.3. The summed E-state index contributed by atoms with van der Waals surface area (Å²) in [4.78, 5) is 11.3. The van der Waals surface area contributed by atoms with E-state index in [-0.39, 0.29) is 12.5 Å². The van der Waals surface area contributed by atoms with Crippen LogP contribution in [0.15, 0.2) is 54.6 Å². The van der Waals surface area contributed by atoms with Crippen molar-refractivity contribution in [2.24, 2.45) is 5.84 Å². The van der Waals surface area contributed by atoms with Crippen molar-refractivity contribution in [2.75, 3.05) is 6.61 Å². The fraction of sp³-hybridized carbons (Fsp3) is 0.0556. The Kier molecular flexibility index (Phi) is 2.84. The molecule has 4 aromatic carbocycles. The van der Waals surface area contributed by atoms with E-state index in [0.29, 0.717) is 5.75 Å². The lowest BCUT2D eigenvalue weighted by molar-refractivity contribution is -0.123. The summed E-state index contributed by atoms with van der Waals surface area (Å²) < 4.78 is 5.62. The lowest BCUT2D eigenvalue weighted by Gasteiger charge is -2.14. The summed E-state index contributed by atoms with van der Waals surface area (Å²) in [6, 6.07) is 18.6. The Bertz CT molecular complexity index is 979. The van der Waals surface area contributed by atoms with E-state index in [1.54, 1.807) is 0 Å². The van der Waals surface area contributed by atoms with Crippen molar-refractivity contribution in [1.29, 1.82) is 0 Å². The molecule has 4 nitrogen and oxygen atoms in total. The van der Waals surface area contributed by atoms with Gasteiger partial charge in [-0.05, 0) is 33.7 Å². The Morgan fingerprint density at radius 3 is 2.27 bits per heavy atom. The van der Waals surface area contributed by atoms with Gasteiger partial charge in [-0.1, -0.05) is 42.5 Å². The normalized spacial score (nSPS) is 11.3. The maximum atomic E-state index is 11.3. The van der Waals surface area contributed by atoms with Crippen LogP contribution in [0, 0.1) is 0 Å². The summed E-state index contributed by atoms with van der Waals surface area (Å²) in [6.45, 7) is -0.0968. The first-order chi connectivity index (χ1) is 10.8. The molecule has 0 unspecified atom stereocenters. The zero-order valence-electron chi connectivity index (χ0n) is 11.8. The molecule has 0 radical (unpaired) electrons. The Morgan fingerprint density at radius 2 is 1.55 bits per heavy atom. The number of hydrogen-bond donors (Lipinski definition) is 2. The second-order valence-electron chi connectivity index (χ2n) is 5.28. The Balaban J connectivity index is 1.98. The van der Waals surface area contributed by atoms with Gasteiger partial charge >= 0.3 is 0 Å². The SMILES string of the molecule is NNC(=O)COc1ccc2ccc3cccc4ccc1c2c34. The fourth-order valence-electron chi connectivity index (χ4n) is 3.02. The first kappa shape index (κ1) is 12.9. The molecule has 0 aliphatic rings. The molecule has 3 N–H and O–H groups in total. The van der Waals surface area contributed by atoms with E-state index in [4.69, 9.17) is 10.6 Å². The summed E-state index contributed by atoms with van der Waals surface area (Å²) in [5.41, 5.74) is 2.07. The van der Waals surface area contributed by atoms with Crippen molar-refractivity contribution in [3.8, 4) is 5.75 Å². The minimum Gasteiger partial charge on any atom is -0.483 e. The third-order valence-electron chi connectivity index (χ3n) is 4.01. The summed E-state index contributed by atoms with van der Waals surface area (Å²) in [5.74, 6) is 5.42. The van der Waals surface area contributed by atoms with Gasteiger partial charge in [0.2, 0.25) is 0 Å². The molecule has 0 atom stereocenters. The largest absolute Gasteiger partial charge is 0.483 e. The highest BCUT2D eigenvalue weighted by molar-refractivity contribution is 6.24. The van der Waals surface area contributed by atoms with E-state index >= 15 is 0 Å². The minimum absolute atomic E-state index is 0.0968. The highest BCUT2D eigenvalue weighted by Crippen LogP contribution is 2.38. The smallest absolute Gasteiger partial charge is 0.271 e. The molecule has 0 aliphatic heterocycles. The van der Waals surface area contributed by atoms with Crippen LogP contribution < -0.4 is 16.0 Å². The average molecular weight is 290 g/mol. The van der Waals surface area contributed by atoms with Gasteiger partial charge in [0.05, 0.1) is 0 Å². The van der Waals surface area contributed by atoms with Crippen molar-refractivity contribution in [1.82, 2.24) is 5.43 Å². The number of hydrogen-bond acceptors (Lipinski definition) is 3. The maximum Gasteiger partial charge on any atom is 0.271 e. The van der Waals surface area contributed by atoms with Gasteiger partial charge in [0.1, 0.15) is 5.75 Å². The molecule has 4 rings (SSSR count). The second kappa shape index (κ2) is 4.86. The third-order valence-corrected chi connectivity index (χ3v) is 4.01. The molecule has 0 aromatic heterocycles. The zero-order chi connectivity index (χ0) is 15.1. The monoisotopic (exact) mass is 290 g/mol. The average Bonchev–Trinajstić information content (AvgIpc) is 2.58. The first-order valence-corrected chi connectivity index (χ1v) is 7.07. The molecular formula is C18H14N2O2. The van der Waals surface area contributed by atoms with Crippen LogP contribution in [-0.4, -0.2) is 12.5 Å². The van der Waals surface area contributed by atoms with Crippen LogP contribution in [-0.2, 0) is 4.79 Å². The quantitative estimate of drug-likeness (QED) is 0.264. The summed E-state index contributed by atoms with van der Waals surface area (Å²) in [5, 5.41) is 6.97. The fourth-order valence-corrected chi connectivity index (χ4v) is 3.02.